The molecular weight excluding hydrogens is 262 g/mol. The van der Waals surface area contributed by atoms with Gasteiger partial charge in [-0.05, 0) is 30.9 Å². The van der Waals surface area contributed by atoms with Crippen molar-refractivity contribution in [3.8, 4) is 0 Å². The molecule has 1 aliphatic rings. The molecule has 3 nitrogen and oxygen atoms in total. The average Bonchev–Trinajstić information content (AvgIpc) is 2.93. The number of aromatic nitrogens is 1. The standard InChI is InChI=1S/C18H25NO2/c1-3-4-9-15(2)18(11-6-5-7-12-18)14-19-13-8-10-16(19)17(20)21/h5-8,10-11,13,15H,3-4,9,12,14H2,1-2H3,(H,20,21). The summed E-state index contributed by atoms with van der Waals surface area (Å²) in [7, 11) is 0. The number of allylic oxidation sites excluding steroid dienone is 4. The molecule has 0 bridgehead atoms. The topological polar surface area (TPSA) is 42.2 Å². The number of hydrogen-bond acceptors (Lipinski definition) is 1. The van der Waals surface area contributed by atoms with Gasteiger partial charge in [0.15, 0.2) is 0 Å². The van der Waals surface area contributed by atoms with Crippen molar-refractivity contribution in [1.29, 1.82) is 0 Å². The molecule has 1 aliphatic carbocycles. The van der Waals surface area contributed by atoms with E-state index in [2.05, 4.69) is 38.2 Å². The smallest absolute Gasteiger partial charge is 0.352 e. The van der Waals surface area contributed by atoms with Gasteiger partial charge in [-0.15, -0.1) is 0 Å². The quantitative estimate of drug-likeness (QED) is 0.801. The molecule has 0 radical (unpaired) electrons. The van der Waals surface area contributed by atoms with Crippen LogP contribution in [0.5, 0.6) is 0 Å². The second-order valence-corrected chi connectivity index (χ2v) is 6.09. The molecule has 1 N–H and O–H groups in total. The van der Waals surface area contributed by atoms with Crippen molar-refractivity contribution in [3.05, 3.63) is 48.3 Å². The normalized spacial score (nSPS) is 22.4. The maximum Gasteiger partial charge on any atom is 0.352 e. The van der Waals surface area contributed by atoms with Gasteiger partial charge in [-0.2, -0.15) is 0 Å². The molecule has 1 aromatic rings. The van der Waals surface area contributed by atoms with Crippen molar-refractivity contribution in [3.63, 3.8) is 0 Å². The molecule has 0 spiro atoms. The van der Waals surface area contributed by atoms with Gasteiger partial charge in [0.2, 0.25) is 0 Å². The van der Waals surface area contributed by atoms with Crippen LogP contribution in [0.1, 0.15) is 50.0 Å². The Morgan fingerprint density at radius 1 is 1.48 bits per heavy atom. The van der Waals surface area contributed by atoms with Gasteiger partial charge < -0.3 is 9.67 Å². The molecule has 2 rings (SSSR count). The monoisotopic (exact) mass is 287 g/mol. The van der Waals surface area contributed by atoms with Gasteiger partial charge in [-0.1, -0.05) is 51.0 Å². The average molecular weight is 287 g/mol. The Hall–Kier alpha value is -1.77. The zero-order valence-electron chi connectivity index (χ0n) is 13.0. The van der Waals surface area contributed by atoms with E-state index < -0.39 is 5.97 Å². The van der Waals surface area contributed by atoms with Crippen molar-refractivity contribution in [1.82, 2.24) is 4.57 Å². The number of aromatic carboxylic acids is 1. The molecule has 1 aromatic heterocycles. The fourth-order valence-electron chi connectivity index (χ4n) is 3.18. The molecule has 21 heavy (non-hydrogen) atoms. The Morgan fingerprint density at radius 2 is 2.29 bits per heavy atom. The second-order valence-electron chi connectivity index (χ2n) is 6.09. The number of carbonyl (C=O) groups is 1. The first kappa shape index (κ1) is 15.6. The molecule has 0 amide bonds. The summed E-state index contributed by atoms with van der Waals surface area (Å²) in [5.74, 6) is -0.325. The molecule has 2 atom stereocenters. The molecule has 1 heterocycles. The summed E-state index contributed by atoms with van der Waals surface area (Å²) >= 11 is 0. The van der Waals surface area contributed by atoms with Crippen LogP contribution < -0.4 is 0 Å². The molecule has 114 valence electrons. The Morgan fingerprint density at radius 3 is 2.90 bits per heavy atom. The minimum Gasteiger partial charge on any atom is -0.477 e. The fraction of sp³-hybridized carbons (Fsp3) is 0.500. The summed E-state index contributed by atoms with van der Waals surface area (Å²) in [6.07, 6.45) is 15.1. The zero-order chi connectivity index (χ0) is 15.3. The van der Waals surface area contributed by atoms with Gasteiger partial charge in [-0.25, -0.2) is 4.79 Å². The first-order chi connectivity index (χ1) is 10.1. The third-order valence-corrected chi connectivity index (χ3v) is 4.66. The lowest BCUT2D eigenvalue weighted by Crippen LogP contribution is -2.33. The van der Waals surface area contributed by atoms with E-state index in [4.69, 9.17) is 0 Å². The largest absolute Gasteiger partial charge is 0.477 e. The minimum atomic E-state index is -0.855. The molecule has 0 aliphatic heterocycles. The van der Waals surface area contributed by atoms with Crippen LogP contribution in [-0.4, -0.2) is 15.6 Å². The molecule has 3 heteroatoms. The van der Waals surface area contributed by atoms with Gasteiger partial charge in [0, 0.05) is 18.2 Å². The lowest BCUT2D eigenvalue weighted by Gasteiger charge is -2.38. The maximum absolute atomic E-state index is 11.3. The van der Waals surface area contributed by atoms with Gasteiger partial charge in [0.25, 0.3) is 0 Å². The Balaban J connectivity index is 2.24. The third-order valence-electron chi connectivity index (χ3n) is 4.66. The van der Waals surface area contributed by atoms with Crippen LogP contribution in [0.15, 0.2) is 42.6 Å². The van der Waals surface area contributed by atoms with Crippen molar-refractivity contribution in [2.24, 2.45) is 11.3 Å². The number of carboxylic acid groups (broad SMARTS) is 1. The minimum absolute atomic E-state index is 0.0210. The highest BCUT2D eigenvalue weighted by molar-refractivity contribution is 5.85. The Kier molecular flexibility index (Phi) is 5.05. The number of nitrogens with zero attached hydrogens (tertiary/aromatic N) is 1. The highest BCUT2D eigenvalue weighted by Gasteiger charge is 2.34. The molecule has 0 aromatic carbocycles. The van der Waals surface area contributed by atoms with Crippen molar-refractivity contribution < 1.29 is 9.90 Å². The molecule has 0 saturated carbocycles. The molecule has 0 saturated heterocycles. The second kappa shape index (κ2) is 6.79. The van der Waals surface area contributed by atoms with Gasteiger partial charge >= 0.3 is 5.97 Å². The Labute approximate surface area is 127 Å². The van der Waals surface area contributed by atoms with E-state index >= 15 is 0 Å². The van der Waals surface area contributed by atoms with Crippen LogP contribution >= 0.6 is 0 Å². The third kappa shape index (κ3) is 3.46. The summed E-state index contributed by atoms with van der Waals surface area (Å²) in [5, 5.41) is 9.30. The number of unbranched alkanes of at least 4 members (excludes halogenated alkanes) is 1. The lowest BCUT2D eigenvalue weighted by atomic mass is 9.70. The van der Waals surface area contributed by atoms with E-state index in [0.717, 1.165) is 13.0 Å². The summed E-state index contributed by atoms with van der Waals surface area (Å²) in [4.78, 5) is 11.3. The SMILES string of the molecule is CCCCC(C)C1(Cn2cccc2C(=O)O)C=CC=CC1. The van der Waals surface area contributed by atoms with Gasteiger partial charge in [0.1, 0.15) is 5.69 Å². The number of carboxylic acids is 1. The number of rotatable bonds is 7. The molecular formula is C18H25NO2. The highest BCUT2D eigenvalue weighted by Crippen LogP contribution is 2.40. The van der Waals surface area contributed by atoms with Crippen molar-refractivity contribution in [2.75, 3.05) is 0 Å². The van der Waals surface area contributed by atoms with E-state index in [1.54, 1.807) is 6.07 Å². The predicted molar refractivity (Wildman–Crippen MR) is 85.4 cm³/mol. The zero-order valence-corrected chi connectivity index (χ0v) is 13.0. The summed E-state index contributed by atoms with van der Waals surface area (Å²) in [6.45, 7) is 5.24. The predicted octanol–water partition coefficient (Wildman–Crippen LogP) is 4.52. The van der Waals surface area contributed by atoms with Crippen molar-refractivity contribution in [2.45, 2.75) is 46.1 Å². The summed E-state index contributed by atoms with van der Waals surface area (Å²) in [6, 6.07) is 3.49. The van der Waals surface area contributed by atoms with Crippen LogP contribution in [0, 0.1) is 11.3 Å². The van der Waals surface area contributed by atoms with E-state index in [0.29, 0.717) is 11.6 Å². The maximum atomic E-state index is 11.3. The van der Waals surface area contributed by atoms with Crippen LogP contribution in [-0.2, 0) is 6.54 Å². The summed E-state index contributed by atoms with van der Waals surface area (Å²) < 4.78 is 1.88. The highest BCUT2D eigenvalue weighted by atomic mass is 16.4. The van der Waals surface area contributed by atoms with E-state index in [-0.39, 0.29) is 5.41 Å². The Bertz CT molecular complexity index is 541. The van der Waals surface area contributed by atoms with Crippen LogP contribution in [0.2, 0.25) is 0 Å². The first-order valence-corrected chi connectivity index (χ1v) is 7.82. The molecule has 2 unspecified atom stereocenters. The first-order valence-electron chi connectivity index (χ1n) is 7.82. The fourth-order valence-corrected chi connectivity index (χ4v) is 3.18. The van der Waals surface area contributed by atoms with E-state index in [9.17, 15) is 9.90 Å². The van der Waals surface area contributed by atoms with Crippen LogP contribution in [0.25, 0.3) is 0 Å². The van der Waals surface area contributed by atoms with Crippen molar-refractivity contribution >= 4 is 5.97 Å². The van der Waals surface area contributed by atoms with Crippen LogP contribution in [0.3, 0.4) is 0 Å². The van der Waals surface area contributed by atoms with Gasteiger partial charge in [-0.3, -0.25) is 0 Å². The van der Waals surface area contributed by atoms with E-state index in [1.807, 2.05) is 16.8 Å². The number of hydrogen-bond donors (Lipinski definition) is 1. The van der Waals surface area contributed by atoms with Gasteiger partial charge in [0.05, 0.1) is 0 Å². The van der Waals surface area contributed by atoms with Crippen LogP contribution in [0.4, 0.5) is 0 Å². The van der Waals surface area contributed by atoms with E-state index in [1.165, 1.54) is 19.3 Å². The summed E-state index contributed by atoms with van der Waals surface area (Å²) in [5.41, 5.74) is 0.396. The molecule has 0 fully saturated rings. The lowest BCUT2D eigenvalue weighted by molar-refractivity contribution is 0.0679.